The van der Waals surface area contributed by atoms with Gasteiger partial charge in [-0.1, -0.05) is 13.0 Å². The molecule has 0 aliphatic heterocycles. The maximum atomic E-state index is 12.9. The van der Waals surface area contributed by atoms with Crippen LogP contribution in [-0.2, 0) is 11.2 Å². The van der Waals surface area contributed by atoms with Crippen LogP contribution in [0, 0.1) is 17.3 Å². The highest BCUT2D eigenvalue weighted by Crippen LogP contribution is 2.65. The molecular weight excluding hydrogens is 440 g/mol. The van der Waals surface area contributed by atoms with Gasteiger partial charge < -0.3 is 14.7 Å². The third-order valence-corrected chi connectivity index (χ3v) is 9.35. The number of hydrogen-bond acceptors (Lipinski definition) is 4. The number of pyridine rings is 1. The third kappa shape index (κ3) is 4.21. The molecule has 0 unspecified atom stereocenters. The van der Waals surface area contributed by atoms with E-state index in [0.29, 0.717) is 29.2 Å². The number of nitrogens with zero attached hydrogens (tertiary/aromatic N) is 2. The van der Waals surface area contributed by atoms with Gasteiger partial charge in [0.2, 0.25) is 0 Å². The molecular formula is C29H36N2O4. The summed E-state index contributed by atoms with van der Waals surface area (Å²) in [6, 6.07) is 8.39. The number of aromatic nitrogens is 1. The summed E-state index contributed by atoms with van der Waals surface area (Å²) in [6.07, 6.45) is 10.8. The fourth-order valence-corrected chi connectivity index (χ4v) is 7.59. The van der Waals surface area contributed by atoms with Crippen LogP contribution in [0.5, 0.6) is 5.75 Å². The van der Waals surface area contributed by atoms with Gasteiger partial charge in [-0.3, -0.25) is 14.6 Å². The number of carbonyl (C=O) groups is 2. The first-order valence-corrected chi connectivity index (χ1v) is 12.9. The van der Waals surface area contributed by atoms with Gasteiger partial charge in [0, 0.05) is 25.4 Å². The van der Waals surface area contributed by atoms with E-state index in [2.05, 4.69) is 30.1 Å². The lowest BCUT2D eigenvalue weighted by atomic mass is 9.53. The molecule has 1 N–H and O–H groups in total. The molecule has 5 atom stereocenters. The van der Waals surface area contributed by atoms with E-state index in [0.717, 1.165) is 12.2 Å². The summed E-state index contributed by atoms with van der Waals surface area (Å²) < 4.78 is 5.46. The molecule has 6 heteroatoms. The zero-order chi connectivity index (χ0) is 24.7. The molecule has 2 fully saturated rings. The molecule has 2 saturated carbocycles. The minimum atomic E-state index is -0.887. The Morgan fingerprint density at radius 3 is 2.77 bits per heavy atom. The zero-order valence-corrected chi connectivity index (χ0v) is 21.0. The molecule has 186 valence electrons. The largest absolute Gasteiger partial charge is 0.495 e. The van der Waals surface area contributed by atoms with Crippen LogP contribution in [0.1, 0.15) is 84.3 Å². The third-order valence-electron chi connectivity index (χ3n) is 9.35. The summed E-state index contributed by atoms with van der Waals surface area (Å²) >= 11 is 0. The number of carboxylic acid groups (broad SMARTS) is 1. The van der Waals surface area contributed by atoms with E-state index in [4.69, 9.17) is 9.84 Å². The van der Waals surface area contributed by atoms with Crippen molar-refractivity contribution in [3.05, 3.63) is 58.9 Å². The first-order valence-electron chi connectivity index (χ1n) is 12.9. The van der Waals surface area contributed by atoms with E-state index in [1.807, 2.05) is 12.3 Å². The second kappa shape index (κ2) is 9.29. The van der Waals surface area contributed by atoms with Crippen LogP contribution in [0.15, 0.2) is 36.7 Å². The number of ether oxygens (including phenoxy) is 1. The molecule has 5 rings (SSSR count). The number of aliphatic carboxylic acids is 1. The molecule has 0 spiro atoms. The maximum absolute atomic E-state index is 12.9. The highest BCUT2D eigenvalue weighted by molar-refractivity contribution is 5.94. The summed E-state index contributed by atoms with van der Waals surface area (Å²) in [5.74, 6) is 2.33. The minimum absolute atomic E-state index is 0.0378. The zero-order valence-electron chi connectivity index (χ0n) is 21.0. The molecule has 1 amide bonds. The second-order valence-electron chi connectivity index (χ2n) is 11.0. The Morgan fingerprint density at radius 2 is 2.00 bits per heavy atom. The molecule has 1 aromatic heterocycles. The predicted molar refractivity (Wildman–Crippen MR) is 134 cm³/mol. The molecule has 6 nitrogen and oxygen atoms in total. The van der Waals surface area contributed by atoms with Crippen LogP contribution in [0.25, 0.3) is 0 Å². The van der Waals surface area contributed by atoms with Crippen molar-refractivity contribution in [2.75, 3.05) is 20.7 Å². The molecule has 1 heterocycles. The standard InChI is InChI=1S/C29H36N2O4/c1-29-12-10-23-22-6-5-19(28(34)31(2)13-11-27(32)33)14-18(22)4-7-24(23)26(29)9-8-25(29)20-15-21(35-3)17-30-16-20/h5-6,14-17,23-26H,4,7-13H2,1-3H3,(H,32,33)/t23-,24-,25-,26+,29-/m1/s1. The molecule has 35 heavy (non-hydrogen) atoms. The quantitative estimate of drug-likeness (QED) is 0.614. The highest BCUT2D eigenvalue weighted by atomic mass is 16.5. The second-order valence-corrected chi connectivity index (χ2v) is 11.0. The van der Waals surface area contributed by atoms with Gasteiger partial charge in [-0.25, -0.2) is 0 Å². The van der Waals surface area contributed by atoms with E-state index >= 15 is 0 Å². The SMILES string of the molecule is COc1cncc([C@H]2CC[C@H]3[C@@H]4CCc5cc(C(=O)N(C)CCC(=O)O)ccc5[C@H]4CC[C@]23C)c1. The smallest absolute Gasteiger partial charge is 0.305 e. The van der Waals surface area contributed by atoms with E-state index < -0.39 is 5.97 Å². The Kier molecular flexibility index (Phi) is 6.32. The van der Waals surface area contributed by atoms with Crippen LogP contribution in [-0.4, -0.2) is 47.6 Å². The lowest BCUT2D eigenvalue weighted by Gasteiger charge is -2.51. The Balaban J connectivity index is 1.35. The van der Waals surface area contributed by atoms with E-state index in [1.165, 1.54) is 53.7 Å². The average Bonchev–Trinajstić information content (AvgIpc) is 3.23. The monoisotopic (exact) mass is 476 g/mol. The van der Waals surface area contributed by atoms with Crippen LogP contribution in [0.3, 0.4) is 0 Å². The Hall–Kier alpha value is -2.89. The van der Waals surface area contributed by atoms with Crippen molar-refractivity contribution in [1.82, 2.24) is 9.88 Å². The number of carbonyl (C=O) groups excluding carboxylic acids is 1. The van der Waals surface area contributed by atoms with Crippen molar-refractivity contribution in [1.29, 1.82) is 0 Å². The number of benzene rings is 1. The van der Waals surface area contributed by atoms with E-state index in [9.17, 15) is 9.59 Å². The van der Waals surface area contributed by atoms with Crippen molar-refractivity contribution in [3.63, 3.8) is 0 Å². The average molecular weight is 477 g/mol. The summed E-state index contributed by atoms with van der Waals surface area (Å²) in [4.78, 5) is 29.7. The van der Waals surface area contributed by atoms with Gasteiger partial charge in [-0.15, -0.1) is 0 Å². The van der Waals surface area contributed by atoms with Crippen molar-refractivity contribution in [2.45, 2.75) is 63.7 Å². The topological polar surface area (TPSA) is 79.7 Å². The van der Waals surface area contributed by atoms with Gasteiger partial charge in [0.1, 0.15) is 5.75 Å². The number of aryl methyl sites for hydroxylation is 1. The lowest BCUT2D eigenvalue weighted by molar-refractivity contribution is -0.137. The summed E-state index contributed by atoms with van der Waals surface area (Å²) in [7, 11) is 3.38. The van der Waals surface area contributed by atoms with Gasteiger partial charge >= 0.3 is 5.97 Å². The number of fused-ring (bicyclic) bond motifs is 5. The summed E-state index contributed by atoms with van der Waals surface area (Å²) in [5.41, 5.74) is 5.01. The summed E-state index contributed by atoms with van der Waals surface area (Å²) in [5, 5.41) is 8.92. The maximum Gasteiger partial charge on any atom is 0.305 e. The van der Waals surface area contributed by atoms with Crippen LogP contribution in [0.2, 0.25) is 0 Å². The predicted octanol–water partition coefficient (Wildman–Crippen LogP) is 5.28. The van der Waals surface area contributed by atoms with Crippen LogP contribution in [0.4, 0.5) is 0 Å². The number of hydrogen-bond donors (Lipinski definition) is 1. The highest BCUT2D eigenvalue weighted by Gasteiger charge is 2.55. The van der Waals surface area contributed by atoms with Gasteiger partial charge in [-0.05, 0) is 103 Å². The normalized spacial score (nSPS) is 29.0. The molecule has 0 saturated heterocycles. The van der Waals surface area contributed by atoms with Crippen LogP contribution < -0.4 is 4.74 Å². The van der Waals surface area contributed by atoms with Crippen molar-refractivity contribution < 1.29 is 19.4 Å². The van der Waals surface area contributed by atoms with Gasteiger partial charge in [-0.2, -0.15) is 0 Å². The number of amides is 1. The Bertz CT molecular complexity index is 1130. The molecule has 1 aromatic carbocycles. The Morgan fingerprint density at radius 1 is 1.17 bits per heavy atom. The van der Waals surface area contributed by atoms with Crippen LogP contribution >= 0.6 is 0 Å². The lowest BCUT2D eigenvalue weighted by Crippen LogP contribution is -2.41. The number of methoxy groups -OCH3 is 1. The summed E-state index contributed by atoms with van der Waals surface area (Å²) in [6.45, 7) is 2.73. The minimum Gasteiger partial charge on any atom is -0.495 e. The van der Waals surface area contributed by atoms with E-state index in [1.54, 1.807) is 20.4 Å². The first-order chi connectivity index (χ1) is 16.8. The molecule has 3 aliphatic rings. The van der Waals surface area contributed by atoms with Crippen molar-refractivity contribution >= 4 is 11.9 Å². The van der Waals surface area contributed by atoms with E-state index in [-0.39, 0.29) is 24.3 Å². The fourth-order valence-electron chi connectivity index (χ4n) is 7.59. The number of rotatable bonds is 6. The van der Waals surface area contributed by atoms with Gasteiger partial charge in [0.25, 0.3) is 5.91 Å². The molecule has 0 bridgehead atoms. The number of carboxylic acids is 1. The van der Waals surface area contributed by atoms with Gasteiger partial charge in [0.05, 0.1) is 19.7 Å². The Labute approximate surface area is 207 Å². The first kappa shape index (κ1) is 23.8. The van der Waals surface area contributed by atoms with Gasteiger partial charge in [0.15, 0.2) is 0 Å². The van der Waals surface area contributed by atoms with Crippen molar-refractivity contribution in [3.8, 4) is 5.75 Å². The molecule has 3 aliphatic carbocycles. The molecule has 2 aromatic rings. The molecule has 0 radical (unpaired) electrons. The van der Waals surface area contributed by atoms with Crippen molar-refractivity contribution in [2.24, 2.45) is 17.3 Å². The fraction of sp³-hybridized carbons (Fsp3) is 0.552.